The summed E-state index contributed by atoms with van der Waals surface area (Å²) in [6.45, 7) is 0. The summed E-state index contributed by atoms with van der Waals surface area (Å²) in [4.78, 5) is 4.00. The van der Waals surface area contributed by atoms with Crippen LogP contribution in [0.1, 0.15) is 5.69 Å². The van der Waals surface area contributed by atoms with Crippen molar-refractivity contribution in [2.45, 2.75) is 0 Å². The monoisotopic (exact) mass is 233 g/mol. The smallest absolute Gasteiger partial charge is 0.151 e. The minimum Gasteiger partial charge on any atom is -0.275 e. The van der Waals surface area contributed by atoms with Gasteiger partial charge in [0.15, 0.2) is 5.82 Å². The Hall–Kier alpha value is -2.30. The van der Waals surface area contributed by atoms with Crippen LogP contribution in [0.25, 0.3) is 0 Å². The van der Waals surface area contributed by atoms with Crippen molar-refractivity contribution in [3.05, 3.63) is 59.9 Å². The van der Waals surface area contributed by atoms with Gasteiger partial charge in [-0.2, -0.15) is 5.10 Å². The first-order valence-corrected chi connectivity index (χ1v) is 4.91. The second kappa shape index (κ2) is 5.16. The standard InChI is InChI=1S/C12H9F2N3/c13-9-4-5-12(11(14)7-9)17-16-8-10-3-1-2-6-15-10/h1-8,17H. The highest BCUT2D eigenvalue weighted by molar-refractivity contribution is 5.77. The molecule has 0 aliphatic rings. The number of pyridine rings is 1. The van der Waals surface area contributed by atoms with Crippen molar-refractivity contribution in [3.8, 4) is 0 Å². The number of hydrogen-bond acceptors (Lipinski definition) is 3. The van der Waals surface area contributed by atoms with Crippen LogP contribution in [0.5, 0.6) is 0 Å². The molecule has 0 bridgehead atoms. The second-order valence-electron chi connectivity index (χ2n) is 3.25. The predicted molar refractivity (Wildman–Crippen MR) is 61.8 cm³/mol. The molecule has 0 aliphatic heterocycles. The lowest BCUT2D eigenvalue weighted by molar-refractivity contribution is 0.585. The van der Waals surface area contributed by atoms with Gasteiger partial charge in [0.2, 0.25) is 0 Å². The third kappa shape index (κ3) is 3.07. The van der Waals surface area contributed by atoms with Crippen molar-refractivity contribution in [1.29, 1.82) is 0 Å². The Kier molecular flexibility index (Phi) is 3.40. The number of benzene rings is 1. The first-order valence-electron chi connectivity index (χ1n) is 4.91. The van der Waals surface area contributed by atoms with E-state index in [-0.39, 0.29) is 5.69 Å². The van der Waals surface area contributed by atoms with Crippen LogP contribution >= 0.6 is 0 Å². The van der Waals surface area contributed by atoms with Crippen LogP contribution in [0.15, 0.2) is 47.7 Å². The summed E-state index contributed by atoms with van der Waals surface area (Å²) in [7, 11) is 0. The Bertz CT molecular complexity index is 527. The quantitative estimate of drug-likeness (QED) is 0.653. The number of rotatable bonds is 3. The van der Waals surface area contributed by atoms with E-state index in [1.54, 1.807) is 18.3 Å². The maximum absolute atomic E-state index is 13.2. The van der Waals surface area contributed by atoms with Crippen molar-refractivity contribution in [2.24, 2.45) is 5.10 Å². The molecule has 5 heteroatoms. The molecule has 2 aromatic rings. The molecule has 0 fully saturated rings. The largest absolute Gasteiger partial charge is 0.275 e. The highest BCUT2D eigenvalue weighted by atomic mass is 19.1. The highest BCUT2D eigenvalue weighted by Gasteiger charge is 2.01. The average Bonchev–Trinajstić information content (AvgIpc) is 2.33. The third-order valence-electron chi connectivity index (χ3n) is 2.00. The first-order chi connectivity index (χ1) is 8.25. The molecule has 0 aliphatic carbocycles. The number of aromatic nitrogens is 1. The van der Waals surface area contributed by atoms with Gasteiger partial charge in [-0.1, -0.05) is 6.07 Å². The van der Waals surface area contributed by atoms with E-state index < -0.39 is 11.6 Å². The Morgan fingerprint density at radius 2 is 2.06 bits per heavy atom. The molecule has 0 radical (unpaired) electrons. The second-order valence-corrected chi connectivity index (χ2v) is 3.25. The highest BCUT2D eigenvalue weighted by Crippen LogP contribution is 2.14. The van der Waals surface area contributed by atoms with Crippen molar-refractivity contribution in [1.82, 2.24) is 4.98 Å². The third-order valence-corrected chi connectivity index (χ3v) is 2.00. The molecule has 3 nitrogen and oxygen atoms in total. The van der Waals surface area contributed by atoms with Gasteiger partial charge in [-0.15, -0.1) is 0 Å². The molecular formula is C12H9F2N3. The Labute approximate surface area is 96.8 Å². The lowest BCUT2D eigenvalue weighted by Crippen LogP contribution is -1.95. The normalized spacial score (nSPS) is 10.7. The van der Waals surface area contributed by atoms with E-state index in [1.807, 2.05) is 6.07 Å². The Morgan fingerprint density at radius 1 is 1.18 bits per heavy atom. The minimum atomic E-state index is -0.692. The van der Waals surface area contributed by atoms with Crippen molar-refractivity contribution >= 4 is 11.9 Å². The molecule has 1 heterocycles. The first kappa shape index (κ1) is 11.2. The summed E-state index contributed by atoms with van der Waals surface area (Å²) in [5.41, 5.74) is 3.23. The van der Waals surface area contributed by atoms with Crippen molar-refractivity contribution in [2.75, 3.05) is 5.43 Å². The lowest BCUT2D eigenvalue weighted by atomic mass is 10.3. The maximum Gasteiger partial charge on any atom is 0.151 e. The fraction of sp³-hybridized carbons (Fsp3) is 0. The zero-order valence-corrected chi connectivity index (χ0v) is 8.77. The minimum absolute atomic E-state index is 0.110. The van der Waals surface area contributed by atoms with E-state index in [0.29, 0.717) is 5.69 Å². The molecule has 17 heavy (non-hydrogen) atoms. The fourth-order valence-electron chi connectivity index (χ4n) is 1.20. The molecular weight excluding hydrogens is 224 g/mol. The van der Waals surface area contributed by atoms with Gasteiger partial charge in [-0.3, -0.25) is 10.4 Å². The van der Waals surface area contributed by atoms with Crippen molar-refractivity contribution in [3.63, 3.8) is 0 Å². The fourth-order valence-corrected chi connectivity index (χ4v) is 1.20. The molecule has 1 aromatic heterocycles. The van der Waals surface area contributed by atoms with Crippen LogP contribution in [0.4, 0.5) is 14.5 Å². The van der Waals surface area contributed by atoms with E-state index in [0.717, 1.165) is 12.1 Å². The number of hydrazone groups is 1. The van der Waals surface area contributed by atoms with Crippen LogP contribution in [0, 0.1) is 11.6 Å². The van der Waals surface area contributed by atoms with Gasteiger partial charge in [0.1, 0.15) is 5.82 Å². The van der Waals surface area contributed by atoms with Gasteiger partial charge in [-0.05, 0) is 24.3 Å². The lowest BCUT2D eigenvalue weighted by Gasteiger charge is -2.01. The summed E-state index contributed by atoms with van der Waals surface area (Å²) < 4.78 is 25.8. The topological polar surface area (TPSA) is 37.3 Å². The van der Waals surface area contributed by atoms with Crippen LogP contribution in [0.2, 0.25) is 0 Å². The number of nitrogens with one attached hydrogen (secondary N) is 1. The summed E-state index contributed by atoms with van der Waals surface area (Å²) in [5.74, 6) is -1.31. The zero-order valence-electron chi connectivity index (χ0n) is 8.77. The van der Waals surface area contributed by atoms with Gasteiger partial charge in [0.05, 0.1) is 17.6 Å². The van der Waals surface area contributed by atoms with Crippen molar-refractivity contribution < 1.29 is 8.78 Å². The van der Waals surface area contributed by atoms with E-state index in [9.17, 15) is 8.78 Å². The SMILES string of the molecule is Fc1ccc(NN=Cc2ccccn2)c(F)c1. The molecule has 1 N–H and O–H groups in total. The van der Waals surface area contributed by atoms with Gasteiger partial charge in [0, 0.05) is 12.3 Å². The number of hydrogen-bond donors (Lipinski definition) is 1. The number of anilines is 1. The Morgan fingerprint density at radius 3 is 2.76 bits per heavy atom. The molecule has 0 spiro atoms. The average molecular weight is 233 g/mol. The number of halogens is 2. The summed E-state index contributed by atoms with van der Waals surface area (Å²) >= 11 is 0. The summed E-state index contributed by atoms with van der Waals surface area (Å²) in [5, 5.41) is 3.80. The molecule has 0 amide bonds. The summed E-state index contributed by atoms with van der Waals surface area (Å²) in [6.07, 6.45) is 3.07. The Balaban J connectivity index is 2.05. The zero-order chi connectivity index (χ0) is 12.1. The molecule has 0 saturated heterocycles. The maximum atomic E-state index is 13.2. The van der Waals surface area contributed by atoms with E-state index in [2.05, 4.69) is 15.5 Å². The predicted octanol–water partition coefficient (Wildman–Crippen LogP) is 2.81. The van der Waals surface area contributed by atoms with Crippen LogP contribution in [-0.2, 0) is 0 Å². The number of nitrogens with zero attached hydrogens (tertiary/aromatic N) is 2. The van der Waals surface area contributed by atoms with Gasteiger partial charge in [-0.25, -0.2) is 8.78 Å². The van der Waals surface area contributed by atoms with Crippen LogP contribution < -0.4 is 5.43 Å². The van der Waals surface area contributed by atoms with Gasteiger partial charge in [0.25, 0.3) is 0 Å². The van der Waals surface area contributed by atoms with E-state index in [4.69, 9.17) is 0 Å². The molecule has 0 saturated carbocycles. The van der Waals surface area contributed by atoms with E-state index in [1.165, 1.54) is 12.3 Å². The molecule has 0 unspecified atom stereocenters. The van der Waals surface area contributed by atoms with Gasteiger partial charge < -0.3 is 0 Å². The van der Waals surface area contributed by atoms with E-state index >= 15 is 0 Å². The molecule has 0 atom stereocenters. The molecule has 2 rings (SSSR count). The van der Waals surface area contributed by atoms with Gasteiger partial charge >= 0.3 is 0 Å². The summed E-state index contributed by atoms with van der Waals surface area (Å²) in [6, 6.07) is 8.57. The molecule has 86 valence electrons. The van der Waals surface area contributed by atoms with Crippen LogP contribution in [-0.4, -0.2) is 11.2 Å². The molecule has 1 aromatic carbocycles. The van der Waals surface area contributed by atoms with Crippen LogP contribution in [0.3, 0.4) is 0 Å².